The topological polar surface area (TPSA) is 104 Å². The van der Waals surface area contributed by atoms with Crippen molar-refractivity contribution in [1.82, 2.24) is 4.90 Å². The molecule has 1 heterocycles. The van der Waals surface area contributed by atoms with Gasteiger partial charge >= 0.3 is 6.03 Å². The van der Waals surface area contributed by atoms with Gasteiger partial charge in [0.05, 0.1) is 34.1 Å². The molecule has 2 aromatic carbocycles. The number of rotatable bonds is 6. The lowest BCUT2D eigenvalue weighted by atomic mass is 10.0. The third kappa shape index (κ3) is 3.24. The number of amides is 3. The van der Waals surface area contributed by atoms with Crippen LogP contribution in [0, 0.1) is 0 Å². The lowest BCUT2D eigenvalue weighted by Gasteiger charge is -2.24. The second-order valence-corrected chi connectivity index (χ2v) is 6.34. The van der Waals surface area contributed by atoms with Crippen LogP contribution in [0.5, 0.6) is 23.0 Å². The van der Waals surface area contributed by atoms with E-state index in [1.54, 1.807) is 30.3 Å². The maximum absolute atomic E-state index is 13.0. The molecule has 0 spiro atoms. The molecule has 1 atom stereocenters. The van der Waals surface area contributed by atoms with Crippen molar-refractivity contribution in [2.24, 2.45) is 0 Å². The average molecular weight is 401 g/mol. The highest BCUT2D eigenvalue weighted by molar-refractivity contribution is 6.14. The fourth-order valence-electron chi connectivity index (χ4n) is 3.34. The number of ether oxygens (including phenoxy) is 4. The number of benzene rings is 2. The molecule has 3 rings (SSSR count). The number of hydrogen-bond donors (Lipinski definition) is 1. The van der Waals surface area contributed by atoms with Crippen LogP contribution in [0.3, 0.4) is 0 Å². The third-order valence-electron chi connectivity index (χ3n) is 4.81. The highest BCUT2D eigenvalue weighted by atomic mass is 16.5. The number of nitrogens with two attached hydrogens (primary N) is 1. The van der Waals surface area contributed by atoms with Gasteiger partial charge in [0.15, 0.2) is 11.5 Å². The van der Waals surface area contributed by atoms with Gasteiger partial charge in [0.1, 0.15) is 11.8 Å². The number of imide groups is 1. The summed E-state index contributed by atoms with van der Waals surface area (Å²) in [5, 5.41) is 0. The first-order chi connectivity index (χ1) is 13.9. The number of nitrogens with zero attached hydrogens (tertiary/aromatic N) is 2. The maximum Gasteiger partial charge on any atom is 0.332 e. The minimum absolute atomic E-state index is 0.350. The molecule has 1 aliphatic rings. The van der Waals surface area contributed by atoms with E-state index in [0.29, 0.717) is 39.9 Å². The molecule has 0 aliphatic carbocycles. The van der Waals surface area contributed by atoms with Gasteiger partial charge in [-0.05, 0) is 35.9 Å². The average Bonchev–Trinajstić information content (AvgIpc) is 2.96. The molecule has 9 heteroatoms. The Bertz CT molecular complexity index is 936. The van der Waals surface area contributed by atoms with E-state index in [9.17, 15) is 9.59 Å². The highest BCUT2D eigenvalue weighted by Crippen LogP contribution is 2.44. The first-order valence-electron chi connectivity index (χ1n) is 8.72. The van der Waals surface area contributed by atoms with Crippen LogP contribution in [0.15, 0.2) is 30.3 Å². The van der Waals surface area contributed by atoms with Gasteiger partial charge in [0.2, 0.25) is 5.75 Å². The van der Waals surface area contributed by atoms with Crippen molar-refractivity contribution < 1.29 is 28.5 Å². The Morgan fingerprint density at radius 2 is 1.45 bits per heavy atom. The Hall–Kier alpha value is -3.62. The Balaban J connectivity index is 2.16. The molecule has 3 amide bonds. The monoisotopic (exact) mass is 401 g/mol. The molecular weight excluding hydrogens is 378 g/mol. The van der Waals surface area contributed by atoms with Crippen molar-refractivity contribution in [3.63, 3.8) is 0 Å². The molecule has 2 aromatic rings. The largest absolute Gasteiger partial charge is 0.495 e. The summed E-state index contributed by atoms with van der Waals surface area (Å²) in [6.45, 7) is 0. The van der Waals surface area contributed by atoms with E-state index < -0.39 is 18.0 Å². The Morgan fingerprint density at radius 3 is 1.93 bits per heavy atom. The molecule has 0 bridgehead atoms. The molecule has 9 nitrogen and oxygen atoms in total. The van der Waals surface area contributed by atoms with Crippen molar-refractivity contribution in [3.8, 4) is 23.0 Å². The number of methoxy groups -OCH3 is 4. The van der Waals surface area contributed by atoms with Crippen LogP contribution in [-0.4, -0.2) is 52.3 Å². The number of hydrogen-bond acceptors (Lipinski definition) is 7. The lowest BCUT2D eigenvalue weighted by Crippen LogP contribution is -2.30. The SMILES string of the molecule is COc1ccc(N2C(=O)N(C)C(=O)[C@@H]2c2cc(OC)c(OC)c(OC)c2)cc1N. The molecule has 0 radical (unpaired) electrons. The van der Waals surface area contributed by atoms with E-state index in [0.717, 1.165) is 4.90 Å². The summed E-state index contributed by atoms with van der Waals surface area (Å²) in [5.41, 5.74) is 7.33. The van der Waals surface area contributed by atoms with Crippen LogP contribution >= 0.6 is 0 Å². The summed E-state index contributed by atoms with van der Waals surface area (Å²) >= 11 is 0. The van der Waals surface area contributed by atoms with Crippen molar-refractivity contribution in [2.45, 2.75) is 6.04 Å². The summed E-state index contributed by atoms with van der Waals surface area (Å²) in [4.78, 5) is 28.3. The van der Waals surface area contributed by atoms with E-state index in [2.05, 4.69) is 0 Å². The van der Waals surface area contributed by atoms with Crippen LogP contribution in [0.4, 0.5) is 16.2 Å². The first-order valence-corrected chi connectivity index (χ1v) is 8.72. The lowest BCUT2D eigenvalue weighted by molar-refractivity contribution is -0.126. The Labute approximate surface area is 168 Å². The summed E-state index contributed by atoms with van der Waals surface area (Å²) in [5.74, 6) is 1.24. The molecule has 1 fully saturated rings. The van der Waals surface area contributed by atoms with Crippen molar-refractivity contribution >= 4 is 23.3 Å². The number of carbonyl (C=O) groups is 2. The highest BCUT2D eigenvalue weighted by Gasteiger charge is 2.45. The standard InChI is InChI=1S/C20H23N3O6/c1-22-19(24)17(11-8-15(27-3)18(29-5)16(9-11)28-4)23(20(22)25)12-6-7-14(26-2)13(21)10-12/h6-10,17H,21H2,1-5H3/t17-/m0/s1. The van der Waals surface area contributed by atoms with Crippen LogP contribution in [-0.2, 0) is 4.79 Å². The molecule has 2 N–H and O–H groups in total. The number of nitrogen functional groups attached to an aromatic ring is 1. The second-order valence-electron chi connectivity index (χ2n) is 6.34. The van der Waals surface area contributed by atoms with Gasteiger partial charge in [-0.3, -0.25) is 14.6 Å². The van der Waals surface area contributed by atoms with Gasteiger partial charge in [-0.1, -0.05) is 0 Å². The molecule has 1 saturated heterocycles. The molecule has 29 heavy (non-hydrogen) atoms. The van der Waals surface area contributed by atoms with E-state index in [-0.39, 0.29) is 0 Å². The summed E-state index contributed by atoms with van der Waals surface area (Å²) in [6, 6.07) is 6.81. The fraction of sp³-hybridized carbons (Fsp3) is 0.300. The molecular formula is C20H23N3O6. The van der Waals surface area contributed by atoms with Gasteiger partial charge in [-0.15, -0.1) is 0 Å². The van der Waals surface area contributed by atoms with Gasteiger partial charge in [-0.25, -0.2) is 4.79 Å². The maximum atomic E-state index is 13.0. The zero-order valence-corrected chi connectivity index (χ0v) is 16.9. The number of anilines is 2. The second kappa shape index (κ2) is 7.78. The van der Waals surface area contributed by atoms with Crippen LogP contribution in [0.1, 0.15) is 11.6 Å². The zero-order valence-electron chi connectivity index (χ0n) is 16.9. The van der Waals surface area contributed by atoms with Gasteiger partial charge in [0, 0.05) is 12.7 Å². The Kier molecular flexibility index (Phi) is 5.40. The smallest absolute Gasteiger partial charge is 0.332 e. The van der Waals surface area contributed by atoms with E-state index in [1.165, 1.54) is 40.4 Å². The quantitative estimate of drug-likeness (QED) is 0.586. The normalized spacial score (nSPS) is 16.2. The van der Waals surface area contributed by atoms with E-state index in [1.807, 2.05) is 0 Å². The van der Waals surface area contributed by atoms with Crippen molar-refractivity contribution in [1.29, 1.82) is 0 Å². The summed E-state index contributed by atoms with van der Waals surface area (Å²) < 4.78 is 21.3. The molecule has 0 saturated carbocycles. The van der Waals surface area contributed by atoms with Gasteiger partial charge in [-0.2, -0.15) is 0 Å². The molecule has 0 unspecified atom stereocenters. The molecule has 154 valence electrons. The van der Waals surface area contributed by atoms with E-state index in [4.69, 9.17) is 24.7 Å². The summed E-state index contributed by atoms with van der Waals surface area (Å²) in [7, 11) is 7.39. The minimum atomic E-state index is -0.922. The predicted molar refractivity (Wildman–Crippen MR) is 107 cm³/mol. The van der Waals surface area contributed by atoms with Crippen LogP contribution < -0.4 is 29.6 Å². The summed E-state index contributed by atoms with van der Waals surface area (Å²) in [6.07, 6.45) is 0. The Morgan fingerprint density at radius 1 is 0.862 bits per heavy atom. The van der Waals surface area contributed by atoms with E-state index >= 15 is 0 Å². The predicted octanol–water partition coefficient (Wildman–Crippen LogP) is 2.44. The number of carbonyl (C=O) groups excluding carboxylic acids is 2. The first kappa shape index (κ1) is 20.1. The van der Waals surface area contributed by atoms with Gasteiger partial charge in [0.25, 0.3) is 5.91 Å². The van der Waals surface area contributed by atoms with Crippen molar-refractivity contribution in [3.05, 3.63) is 35.9 Å². The fourth-order valence-corrected chi connectivity index (χ4v) is 3.34. The van der Waals surface area contributed by atoms with Crippen LogP contribution in [0.25, 0.3) is 0 Å². The third-order valence-corrected chi connectivity index (χ3v) is 4.81. The molecule has 1 aliphatic heterocycles. The zero-order chi connectivity index (χ0) is 21.3. The number of urea groups is 1. The van der Waals surface area contributed by atoms with Gasteiger partial charge < -0.3 is 24.7 Å². The number of likely N-dealkylation sites (N-methyl/N-ethyl adjacent to an activating group) is 1. The van der Waals surface area contributed by atoms with Crippen molar-refractivity contribution in [2.75, 3.05) is 46.1 Å². The van der Waals surface area contributed by atoms with Crippen LogP contribution in [0.2, 0.25) is 0 Å². The molecule has 0 aromatic heterocycles. The minimum Gasteiger partial charge on any atom is -0.495 e.